The van der Waals surface area contributed by atoms with Crippen LogP contribution in [-0.4, -0.2) is 5.11 Å². The molecule has 0 aromatic carbocycles. The molecular formula is C13H20OS. The number of hydrogen-bond acceptors (Lipinski definition) is 2. The molecule has 0 saturated carbocycles. The Morgan fingerprint density at radius 1 is 1.33 bits per heavy atom. The van der Waals surface area contributed by atoms with Crippen molar-refractivity contribution >= 4 is 11.3 Å². The Labute approximate surface area is 96.1 Å². The number of fused-ring (bicyclic) bond motifs is 1. The van der Waals surface area contributed by atoms with Gasteiger partial charge in [-0.2, -0.15) is 0 Å². The zero-order chi connectivity index (χ0) is 11.1. The quantitative estimate of drug-likeness (QED) is 0.664. The van der Waals surface area contributed by atoms with Gasteiger partial charge in [-0.05, 0) is 36.3 Å². The summed E-state index contributed by atoms with van der Waals surface area (Å²) >= 11 is 1.81. The Hall–Kier alpha value is -0.340. The van der Waals surface area contributed by atoms with Gasteiger partial charge in [-0.1, -0.05) is 27.2 Å². The fraction of sp³-hybridized carbons (Fsp3) is 0.692. The Kier molecular flexibility index (Phi) is 2.91. The van der Waals surface area contributed by atoms with Crippen LogP contribution in [0.25, 0.3) is 0 Å². The van der Waals surface area contributed by atoms with Gasteiger partial charge in [0.15, 0.2) is 0 Å². The van der Waals surface area contributed by atoms with E-state index in [1.165, 1.54) is 21.7 Å². The van der Waals surface area contributed by atoms with Gasteiger partial charge >= 0.3 is 0 Å². The van der Waals surface area contributed by atoms with Crippen LogP contribution in [0.4, 0.5) is 0 Å². The molecule has 0 spiro atoms. The molecule has 1 unspecified atom stereocenters. The minimum Gasteiger partial charge on any atom is -0.388 e. The van der Waals surface area contributed by atoms with Crippen molar-refractivity contribution in [1.82, 2.24) is 0 Å². The molecule has 1 atom stereocenters. The number of rotatable bonds is 0. The monoisotopic (exact) mass is 224 g/mol. The third-order valence-electron chi connectivity index (χ3n) is 3.06. The Bertz CT molecular complexity index is 346. The highest BCUT2D eigenvalue weighted by Crippen LogP contribution is 2.39. The van der Waals surface area contributed by atoms with Crippen molar-refractivity contribution in [3.8, 4) is 0 Å². The van der Waals surface area contributed by atoms with Gasteiger partial charge in [0.1, 0.15) is 0 Å². The predicted octanol–water partition coefficient (Wildman–Crippen LogP) is 3.81. The van der Waals surface area contributed by atoms with Crippen LogP contribution in [0.3, 0.4) is 0 Å². The average Bonchev–Trinajstić information content (AvgIpc) is 2.49. The van der Waals surface area contributed by atoms with Crippen LogP contribution in [0.1, 0.15) is 61.5 Å². The van der Waals surface area contributed by atoms with E-state index in [4.69, 9.17) is 0 Å². The van der Waals surface area contributed by atoms with Gasteiger partial charge in [-0.15, -0.1) is 11.3 Å². The normalized spacial score (nSPS) is 22.3. The molecule has 0 bridgehead atoms. The molecule has 0 radical (unpaired) electrons. The van der Waals surface area contributed by atoms with Crippen molar-refractivity contribution in [1.29, 1.82) is 0 Å². The first-order chi connectivity index (χ1) is 6.98. The molecule has 1 nitrogen and oxygen atoms in total. The van der Waals surface area contributed by atoms with E-state index < -0.39 is 0 Å². The molecule has 1 aromatic rings. The molecule has 1 aromatic heterocycles. The average molecular weight is 224 g/mol. The maximum atomic E-state index is 10.0. The van der Waals surface area contributed by atoms with Crippen LogP contribution >= 0.6 is 11.3 Å². The van der Waals surface area contributed by atoms with Crippen molar-refractivity contribution < 1.29 is 5.11 Å². The lowest BCUT2D eigenvalue weighted by molar-refractivity contribution is 0.170. The highest BCUT2D eigenvalue weighted by Gasteiger charge is 2.24. The first-order valence-electron chi connectivity index (χ1n) is 5.79. The third-order valence-corrected chi connectivity index (χ3v) is 4.76. The smallest absolute Gasteiger partial charge is 0.0884 e. The second kappa shape index (κ2) is 3.91. The molecule has 1 aliphatic carbocycles. The number of aliphatic hydroxyl groups excluding tert-OH is 1. The fourth-order valence-corrected chi connectivity index (χ4v) is 3.36. The van der Waals surface area contributed by atoms with E-state index in [9.17, 15) is 5.11 Å². The number of aliphatic hydroxyl groups is 1. The number of thiophene rings is 1. The summed E-state index contributed by atoms with van der Waals surface area (Å²) in [4.78, 5) is 2.64. The predicted molar refractivity (Wildman–Crippen MR) is 65.5 cm³/mol. The van der Waals surface area contributed by atoms with Gasteiger partial charge in [0.05, 0.1) is 6.10 Å². The molecule has 1 heterocycles. The standard InChI is InChI=1S/C13H20OS/c1-13(2,3)11-8-9-6-4-5-7-10(14)12(9)15-11/h8,10,14H,4-7H2,1-3H3. The third kappa shape index (κ3) is 2.26. The van der Waals surface area contributed by atoms with Crippen LogP contribution in [0.15, 0.2) is 6.07 Å². The fourth-order valence-electron chi connectivity index (χ4n) is 2.07. The van der Waals surface area contributed by atoms with Gasteiger partial charge in [0.2, 0.25) is 0 Å². The van der Waals surface area contributed by atoms with E-state index in [1.807, 2.05) is 11.3 Å². The number of aryl methyl sites for hydroxylation is 1. The summed E-state index contributed by atoms with van der Waals surface area (Å²) in [7, 11) is 0. The van der Waals surface area contributed by atoms with Gasteiger partial charge in [0, 0.05) is 9.75 Å². The van der Waals surface area contributed by atoms with Gasteiger partial charge < -0.3 is 5.11 Å². The Morgan fingerprint density at radius 3 is 2.73 bits per heavy atom. The van der Waals surface area contributed by atoms with E-state index in [1.54, 1.807) is 0 Å². The van der Waals surface area contributed by atoms with Gasteiger partial charge in [-0.3, -0.25) is 0 Å². The van der Waals surface area contributed by atoms with Crippen LogP contribution in [-0.2, 0) is 11.8 Å². The molecule has 2 heteroatoms. The van der Waals surface area contributed by atoms with Crippen molar-refractivity contribution in [2.75, 3.05) is 0 Å². The summed E-state index contributed by atoms with van der Waals surface area (Å²) in [6.07, 6.45) is 4.28. The van der Waals surface area contributed by atoms with E-state index in [2.05, 4.69) is 26.8 Å². The lowest BCUT2D eigenvalue weighted by Gasteiger charge is -2.15. The molecule has 1 N–H and O–H groups in total. The van der Waals surface area contributed by atoms with E-state index in [-0.39, 0.29) is 11.5 Å². The SMILES string of the molecule is CC(C)(C)c1cc2c(s1)C(O)CCCC2. The second-order valence-corrected chi connectivity index (χ2v) is 6.60. The topological polar surface area (TPSA) is 20.2 Å². The lowest BCUT2D eigenvalue weighted by atomic mass is 9.93. The highest BCUT2D eigenvalue weighted by molar-refractivity contribution is 7.12. The second-order valence-electron chi connectivity index (χ2n) is 5.51. The summed E-state index contributed by atoms with van der Waals surface area (Å²) in [5.74, 6) is 0. The summed E-state index contributed by atoms with van der Waals surface area (Å²) in [5, 5.41) is 10.0. The first kappa shape index (κ1) is 11.2. The maximum Gasteiger partial charge on any atom is 0.0884 e. The molecule has 0 amide bonds. The molecule has 84 valence electrons. The maximum absolute atomic E-state index is 10.0. The van der Waals surface area contributed by atoms with E-state index in [0.717, 1.165) is 19.3 Å². The zero-order valence-electron chi connectivity index (χ0n) is 9.84. The lowest BCUT2D eigenvalue weighted by Crippen LogP contribution is -2.08. The van der Waals surface area contributed by atoms with Crippen molar-refractivity contribution in [3.05, 3.63) is 21.4 Å². The largest absolute Gasteiger partial charge is 0.388 e. The summed E-state index contributed by atoms with van der Waals surface area (Å²) in [6.45, 7) is 6.72. The molecule has 0 saturated heterocycles. The van der Waals surface area contributed by atoms with Gasteiger partial charge in [0.25, 0.3) is 0 Å². The molecular weight excluding hydrogens is 204 g/mol. The Morgan fingerprint density at radius 2 is 2.07 bits per heavy atom. The van der Waals surface area contributed by atoms with Gasteiger partial charge in [-0.25, -0.2) is 0 Å². The van der Waals surface area contributed by atoms with E-state index >= 15 is 0 Å². The molecule has 1 aliphatic rings. The summed E-state index contributed by atoms with van der Waals surface area (Å²) in [6, 6.07) is 2.31. The number of hydrogen-bond donors (Lipinski definition) is 1. The summed E-state index contributed by atoms with van der Waals surface area (Å²) in [5.41, 5.74) is 1.62. The molecule has 2 rings (SSSR count). The highest BCUT2D eigenvalue weighted by atomic mass is 32.1. The van der Waals surface area contributed by atoms with Crippen molar-refractivity contribution in [2.45, 2.75) is 58.0 Å². The molecule has 0 fully saturated rings. The minimum absolute atomic E-state index is 0.205. The minimum atomic E-state index is -0.205. The van der Waals surface area contributed by atoms with E-state index in [0.29, 0.717) is 0 Å². The van der Waals surface area contributed by atoms with Crippen molar-refractivity contribution in [2.24, 2.45) is 0 Å². The molecule has 0 aliphatic heterocycles. The van der Waals surface area contributed by atoms with Crippen LogP contribution in [0.2, 0.25) is 0 Å². The van der Waals surface area contributed by atoms with Crippen molar-refractivity contribution in [3.63, 3.8) is 0 Å². The van der Waals surface area contributed by atoms with Crippen LogP contribution in [0.5, 0.6) is 0 Å². The van der Waals surface area contributed by atoms with Crippen LogP contribution in [0, 0.1) is 0 Å². The van der Waals surface area contributed by atoms with Crippen LogP contribution < -0.4 is 0 Å². The first-order valence-corrected chi connectivity index (χ1v) is 6.61. The zero-order valence-corrected chi connectivity index (χ0v) is 10.7. The Balaban J connectivity index is 2.38. The summed E-state index contributed by atoms with van der Waals surface area (Å²) < 4.78 is 0. The molecule has 15 heavy (non-hydrogen) atoms.